The molecular formula is C44H49F2N9O4. The van der Waals surface area contributed by atoms with Crippen LogP contribution in [0, 0.1) is 24.5 Å². The maximum absolute atomic E-state index is 15.2. The molecule has 3 saturated heterocycles. The summed E-state index contributed by atoms with van der Waals surface area (Å²) in [6, 6.07) is 13.3. The van der Waals surface area contributed by atoms with Crippen molar-refractivity contribution in [3.05, 3.63) is 88.2 Å². The molecule has 4 aromatic rings. The number of ether oxygens (including phenoxy) is 1. The highest BCUT2D eigenvalue weighted by Gasteiger charge is 2.40. The van der Waals surface area contributed by atoms with Gasteiger partial charge in [0.1, 0.15) is 11.6 Å². The summed E-state index contributed by atoms with van der Waals surface area (Å²) in [4.78, 5) is 54.2. The van der Waals surface area contributed by atoms with Crippen LogP contribution < -0.4 is 20.3 Å². The number of aliphatic imine (C=N–C) groups is 1. The number of hydrogen-bond acceptors (Lipinski definition) is 10. The van der Waals surface area contributed by atoms with Crippen molar-refractivity contribution < 1.29 is 27.9 Å². The lowest BCUT2D eigenvalue weighted by molar-refractivity contribution is -0.134. The third-order valence-corrected chi connectivity index (χ3v) is 12.5. The van der Waals surface area contributed by atoms with E-state index in [0.29, 0.717) is 72.6 Å². The second-order valence-corrected chi connectivity index (χ2v) is 16.8. The molecule has 5 aliphatic heterocycles. The molecule has 2 unspecified atom stereocenters. The molecule has 59 heavy (non-hydrogen) atoms. The largest absolute Gasteiger partial charge is 0.477 e. The Labute approximate surface area is 341 Å². The number of aromatic nitrogens is 3. The van der Waals surface area contributed by atoms with E-state index in [-0.39, 0.29) is 30.2 Å². The molecule has 0 radical (unpaired) electrons. The van der Waals surface area contributed by atoms with Crippen LogP contribution in [0.5, 0.6) is 5.88 Å². The zero-order chi connectivity index (χ0) is 40.9. The molecule has 0 aliphatic carbocycles. The molecule has 4 bridgehead atoms. The SMILES string of the molecule is Cc1cc2cc(n1)-c1cnn(C)c1OCCC[C@@H](C)CN1/C(=N/C2=O)Nc2ccc(CN3CC4CCC(C3)N4CCc3cc(F)c([C@H]4CCC(=O)NC4=O)c(F)c3)cc21. The molecule has 15 heteroatoms. The van der Waals surface area contributed by atoms with Gasteiger partial charge in [0.15, 0.2) is 0 Å². The molecule has 0 spiro atoms. The number of carbonyl (C=O) groups excluding carboxylic acids is 3. The van der Waals surface area contributed by atoms with Crippen LogP contribution in [0.2, 0.25) is 0 Å². The van der Waals surface area contributed by atoms with Crippen molar-refractivity contribution >= 4 is 35.1 Å². The summed E-state index contributed by atoms with van der Waals surface area (Å²) in [7, 11) is 1.84. The molecule has 2 aromatic carbocycles. The lowest BCUT2D eigenvalue weighted by Gasteiger charge is -2.41. The molecule has 4 atom stereocenters. The van der Waals surface area contributed by atoms with Gasteiger partial charge in [-0.3, -0.25) is 34.5 Å². The predicted molar refractivity (Wildman–Crippen MR) is 218 cm³/mol. The number of guanidine groups is 1. The molecule has 7 heterocycles. The molecule has 3 fully saturated rings. The van der Waals surface area contributed by atoms with Gasteiger partial charge in [0.2, 0.25) is 23.7 Å². The zero-order valence-corrected chi connectivity index (χ0v) is 33.6. The van der Waals surface area contributed by atoms with E-state index in [4.69, 9.17) is 9.72 Å². The van der Waals surface area contributed by atoms with Gasteiger partial charge in [-0.2, -0.15) is 10.1 Å². The van der Waals surface area contributed by atoms with Gasteiger partial charge in [-0.1, -0.05) is 13.0 Å². The van der Waals surface area contributed by atoms with Crippen LogP contribution in [0.25, 0.3) is 11.3 Å². The van der Waals surface area contributed by atoms with Crippen molar-refractivity contribution in [3.63, 3.8) is 0 Å². The lowest BCUT2D eigenvalue weighted by Crippen LogP contribution is -2.53. The summed E-state index contributed by atoms with van der Waals surface area (Å²) in [6.45, 7) is 8.51. The van der Waals surface area contributed by atoms with Gasteiger partial charge in [0, 0.05) is 75.1 Å². The van der Waals surface area contributed by atoms with Gasteiger partial charge in [-0.25, -0.2) is 13.5 Å². The summed E-state index contributed by atoms with van der Waals surface area (Å²) >= 11 is 0. The number of nitrogens with zero attached hydrogens (tertiary/aromatic N) is 7. The van der Waals surface area contributed by atoms with Crippen molar-refractivity contribution in [2.45, 2.75) is 83.3 Å². The van der Waals surface area contributed by atoms with Crippen molar-refractivity contribution in [1.82, 2.24) is 29.9 Å². The number of amides is 3. The summed E-state index contributed by atoms with van der Waals surface area (Å²) < 4.78 is 38.4. The number of piperazine rings is 1. The molecule has 5 aliphatic rings. The highest BCUT2D eigenvalue weighted by molar-refractivity contribution is 6.19. The van der Waals surface area contributed by atoms with E-state index < -0.39 is 29.4 Å². The fraction of sp³-hybridized carbons (Fsp3) is 0.455. The summed E-state index contributed by atoms with van der Waals surface area (Å²) in [6.07, 6.45) is 6.27. The van der Waals surface area contributed by atoms with Crippen LogP contribution in [-0.2, 0) is 29.6 Å². The Balaban J connectivity index is 0.883. The number of fused-ring (bicyclic) bond motifs is 9. The van der Waals surface area contributed by atoms with Crippen LogP contribution in [0.4, 0.5) is 20.2 Å². The van der Waals surface area contributed by atoms with Crippen LogP contribution >= 0.6 is 0 Å². The van der Waals surface area contributed by atoms with E-state index in [0.717, 1.165) is 62.3 Å². The monoisotopic (exact) mass is 805 g/mol. The van der Waals surface area contributed by atoms with Crippen LogP contribution in [-0.4, -0.2) is 93.1 Å². The third-order valence-electron chi connectivity index (χ3n) is 12.5. The zero-order valence-electron chi connectivity index (χ0n) is 33.6. The number of hydrogen-bond donors (Lipinski definition) is 2. The summed E-state index contributed by atoms with van der Waals surface area (Å²) in [5.74, 6) is -2.50. The molecule has 13 nitrogen and oxygen atoms in total. The molecular weight excluding hydrogens is 757 g/mol. The van der Waals surface area contributed by atoms with Crippen molar-refractivity contribution in [2.24, 2.45) is 18.0 Å². The first-order chi connectivity index (χ1) is 28.5. The standard InChI is InChI=1S/C44H49F2N9O4/c1-25-5-4-14-59-43-33(20-47-52(43)3)37-19-29(15-26(2)48-37)41(57)51-44-49-36-10-6-28(18-38(36)55(44)21-25)22-53-23-30-7-8-31(24-53)54(30)13-12-27-16-34(45)40(35(46)17-27)32-9-11-39(56)50-42(32)58/h6,10,15-20,25,30-32H,4-5,7-9,11-14,21-24H2,1-3H3,(H,49,51,57)(H,50,56,58)/t25-,30?,31?,32-/m1/s1. The molecule has 2 N–H and O–H groups in total. The van der Waals surface area contributed by atoms with E-state index in [2.05, 4.69) is 60.5 Å². The van der Waals surface area contributed by atoms with Crippen LogP contribution in [0.3, 0.4) is 0 Å². The first kappa shape index (κ1) is 38.9. The number of rotatable bonds is 6. The second-order valence-electron chi connectivity index (χ2n) is 16.8. The predicted octanol–water partition coefficient (Wildman–Crippen LogP) is 5.72. The Hall–Kier alpha value is -5.54. The number of halogens is 2. The number of nitrogens with one attached hydrogen (secondary N) is 2. The minimum atomic E-state index is -1.00. The van der Waals surface area contributed by atoms with E-state index >= 15 is 8.78 Å². The van der Waals surface area contributed by atoms with Gasteiger partial charge in [0.25, 0.3) is 5.91 Å². The van der Waals surface area contributed by atoms with Gasteiger partial charge in [-0.05, 0) is 98.9 Å². The van der Waals surface area contributed by atoms with Crippen molar-refractivity contribution in [1.29, 1.82) is 0 Å². The summed E-state index contributed by atoms with van der Waals surface area (Å²) in [5.41, 5.74) is 5.86. The topological polar surface area (TPSA) is 137 Å². The van der Waals surface area contributed by atoms with Crippen molar-refractivity contribution in [2.75, 3.05) is 43.0 Å². The third kappa shape index (κ3) is 7.85. The average Bonchev–Trinajstić information content (AvgIpc) is 3.81. The van der Waals surface area contributed by atoms with Gasteiger partial charge in [0.05, 0.1) is 41.4 Å². The Morgan fingerprint density at radius 1 is 0.915 bits per heavy atom. The fourth-order valence-corrected chi connectivity index (χ4v) is 9.62. The quantitative estimate of drug-likeness (QED) is 0.233. The maximum atomic E-state index is 15.2. The number of aryl methyl sites for hydroxylation is 2. The summed E-state index contributed by atoms with van der Waals surface area (Å²) in [5, 5.41) is 10.0. The molecule has 3 amide bonds. The molecule has 308 valence electrons. The Bertz CT molecular complexity index is 2330. The lowest BCUT2D eigenvalue weighted by atomic mass is 9.89. The van der Waals surface area contributed by atoms with E-state index in [9.17, 15) is 14.4 Å². The van der Waals surface area contributed by atoms with Gasteiger partial charge in [-0.15, -0.1) is 0 Å². The number of imide groups is 1. The minimum Gasteiger partial charge on any atom is -0.477 e. The Morgan fingerprint density at radius 2 is 1.69 bits per heavy atom. The molecule has 9 rings (SSSR count). The van der Waals surface area contributed by atoms with Gasteiger partial charge >= 0.3 is 0 Å². The number of likely N-dealkylation sites (tertiary alicyclic amines) is 1. The van der Waals surface area contributed by atoms with E-state index in [1.165, 1.54) is 17.7 Å². The normalized spacial score (nSPS) is 24.5. The first-order valence-corrected chi connectivity index (χ1v) is 20.7. The maximum Gasteiger partial charge on any atom is 0.280 e. The van der Waals surface area contributed by atoms with Crippen molar-refractivity contribution in [3.8, 4) is 17.1 Å². The highest BCUT2D eigenvalue weighted by Crippen LogP contribution is 2.38. The fourth-order valence-electron chi connectivity index (χ4n) is 9.62. The molecule has 0 saturated carbocycles. The Morgan fingerprint density at radius 3 is 2.46 bits per heavy atom. The second kappa shape index (κ2) is 15.9. The van der Waals surface area contributed by atoms with E-state index in [1.54, 1.807) is 23.0 Å². The molecule has 2 aromatic heterocycles. The number of anilines is 2. The van der Waals surface area contributed by atoms with Crippen LogP contribution in [0.15, 0.2) is 53.7 Å². The minimum absolute atomic E-state index is 0.0603. The van der Waals surface area contributed by atoms with Gasteiger partial charge < -0.3 is 15.0 Å². The highest BCUT2D eigenvalue weighted by atomic mass is 19.1. The number of carbonyl (C=O) groups is 3. The first-order valence-electron chi connectivity index (χ1n) is 20.7. The smallest absolute Gasteiger partial charge is 0.280 e. The van der Waals surface area contributed by atoms with E-state index in [1.807, 2.05) is 14.0 Å². The number of benzene rings is 2. The average molecular weight is 806 g/mol. The van der Waals surface area contributed by atoms with Crippen LogP contribution in [0.1, 0.15) is 84.1 Å². The Kier molecular flexibility index (Phi) is 10.5. The number of piperidine rings is 1. The number of pyridine rings is 1.